The minimum absolute atomic E-state index is 0.165. The molecule has 0 saturated carbocycles. The highest BCUT2D eigenvalue weighted by Crippen LogP contribution is 2.18. The van der Waals surface area contributed by atoms with E-state index in [-0.39, 0.29) is 5.91 Å². The maximum atomic E-state index is 12.8. The van der Waals surface area contributed by atoms with Gasteiger partial charge in [-0.25, -0.2) is 9.78 Å². The summed E-state index contributed by atoms with van der Waals surface area (Å²) in [6, 6.07) is 18.8. The van der Waals surface area contributed by atoms with E-state index in [4.69, 9.17) is 16.3 Å². The summed E-state index contributed by atoms with van der Waals surface area (Å²) in [7, 11) is 0. The van der Waals surface area contributed by atoms with Gasteiger partial charge in [-0.2, -0.15) is 0 Å². The standard InChI is InChI=1S/C24H24ClN3O3/c1-17(31-24(30)20-7-9-21-19(15-20)8-10-22(25)26-21)23(29)28-13-11-27(12-14-28)16-18-5-3-2-4-6-18/h2-10,15,17H,11-14,16H2,1H3. The molecule has 1 aliphatic heterocycles. The molecule has 1 aliphatic rings. The predicted octanol–water partition coefficient (Wildman–Crippen LogP) is 3.78. The summed E-state index contributed by atoms with van der Waals surface area (Å²) < 4.78 is 5.46. The van der Waals surface area contributed by atoms with Crippen LogP contribution in [0.1, 0.15) is 22.8 Å². The first-order chi connectivity index (χ1) is 15.0. The first-order valence-electron chi connectivity index (χ1n) is 10.3. The molecule has 0 radical (unpaired) electrons. The Kier molecular flexibility index (Phi) is 6.49. The molecular weight excluding hydrogens is 414 g/mol. The number of benzene rings is 2. The molecule has 6 nitrogen and oxygen atoms in total. The van der Waals surface area contributed by atoms with E-state index in [1.54, 1.807) is 42.2 Å². The average molecular weight is 438 g/mol. The van der Waals surface area contributed by atoms with Crippen LogP contribution in [0.15, 0.2) is 60.7 Å². The molecule has 0 bridgehead atoms. The van der Waals surface area contributed by atoms with Crippen molar-refractivity contribution >= 4 is 34.4 Å². The highest BCUT2D eigenvalue weighted by atomic mass is 35.5. The molecule has 1 aromatic heterocycles. The summed E-state index contributed by atoms with van der Waals surface area (Å²) in [5, 5.41) is 1.18. The molecule has 160 valence electrons. The molecule has 1 amide bonds. The molecule has 2 heterocycles. The second-order valence-corrected chi connectivity index (χ2v) is 8.06. The average Bonchev–Trinajstić information content (AvgIpc) is 2.79. The maximum absolute atomic E-state index is 12.8. The van der Waals surface area contributed by atoms with E-state index in [0.29, 0.717) is 29.3 Å². The predicted molar refractivity (Wildman–Crippen MR) is 120 cm³/mol. The summed E-state index contributed by atoms with van der Waals surface area (Å²) in [5.41, 5.74) is 2.34. The van der Waals surface area contributed by atoms with Crippen molar-refractivity contribution in [3.05, 3.63) is 76.9 Å². The Morgan fingerprint density at radius 1 is 1.03 bits per heavy atom. The van der Waals surface area contributed by atoms with Gasteiger partial charge in [-0.1, -0.05) is 41.9 Å². The van der Waals surface area contributed by atoms with Gasteiger partial charge in [-0.3, -0.25) is 9.69 Å². The zero-order chi connectivity index (χ0) is 21.8. The summed E-state index contributed by atoms with van der Waals surface area (Å²) in [6.07, 6.45) is -0.841. The quantitative estimate of drug-likeness (QED) is 0.449. The Hall–Kier alpha value is -2.96. The van der Waals surface area contributed by atoms with Gasteiger partial charge in [0.1, 0.15) is 5.15 Å². The van der Waals surface area contributed by atoms with E-state index in [0.717, 1.165) is 25.0 Å². The molecule has 1 atom stereocenters. The summed E-state index contributed by atoms with van der Waals surface area (Å²) in [4.78, 5) is 33.6. The van der Waals surface area contributed by atoms with Crippen molar-refractivity contribution in [3.8, 4) is 0 Å². The highest BCUT2D eigenvalue weighted by molar-refractivity contribution is 6.29. The van der Waals surface area contributed by atoms with Gasteiger partial charge in [0.05, 0.1) is 11.1 Å². The van der Waals surface area contributed by atoms with Crippen LogP contribution in [-0.2, 0) is 16.1 Å². The number of hydrogen-bond acceptors (Lipinski definition) is 5. The SMILES string of the molecule is CC(OC(=O)c1ccc2nc(Cl)ccc2c1)C(=O)N1CCN(Cc2ccccc2)CC1. The van der Waals surface area contributed by atoms with Gasteiger partial charge < -0.3 is 9.64 Å². The van der Waals surface area contributed by atoms with Gasteiger partial charge >= 0.3 is 5.97 Å². The Labute approximate surface area is 186 Å². The number of piperazine rings is 1. The van der Waals surface area contributed by atoms with Crippen molar-refractivity contribution in [1.82, 2.24) is 14.8 Å². The normalized spacial score (nSPS) is 15.6. The van der Waals surface area contributed by atoms with Crippen molar-refractivity contribution in [3.63, 3.8) is 0 Å². The van der Waals surface area contributed by atoms with E-state index in [1.807, 2.05) is 18.2 Å². The third-order valence-corrected chi connectivity index (χ3v) is 5.67. The summed E-state index contributed by atoms with van der Waals surface area (Å²) in [5.74, 6) is -0.692. The number of esters is 1. The molecule has 2 aromatic carbocycles. The molecule has 1 saturated heterocycles. The van der Waals surface area contributed by atoms with Crippen LogP contribution in [0.4, 0.5) is 0 Å². The van der Waals surface area contributed by atoms with Crippen LogP contribution in [0.5, 0.6) is 0 Å². The number of fused-ring (bicyclic) bond motifs is 1. The monoisotopic (exact) mass is 437 g/mol. The van der Waals surface area contributed by atoms with Crippen molar-refractivity contribution in [2.75, 3.05) is 26.2 Å². The van der Waals surface area contributed by atoms with Gasteiger partial charge in [0, 0.05) is 38.1 Å². The molecule has 0 aliphatic carbocycles. The third kappa shape index (κ3) is 5.21. The Morgan fingerprint density at radius 3 is 2.52 bits per heavy atom. The van der Waals surface area contributed by atoms with Crippen molar-refractivity contribution < 1.29 is 14.3 Å². The Bertz CT molecular complexity index is 1080. The zero-order valence-corrected chi connectivity index (χ0v) is 18.1. The number of aromatic nitrogens is 1. The van der Waals surface area contributed by atoms with Crippen LogP contribution >= 0.6 is 11.6 Å². The number of rotatable bonds is 5. The smallest absolute Gasteiger partial charge is 0.338 e. The number of halogens is 1. The van der Waals surface area contributed by atoms with Crippen molar-refractivity contribution in [2.24, 2.45) is 0 Å². The number of carbonyl (C=O) groups is 2. The summed E-state index contributed by atoms with van der Waals surface area (Å²) >= 11 is 5.90. The van der Waals surface area contributed by atoms with E-state index in [9.17, 15) is 9.59 Å². The van der Waals surface area contributed by atoms with Gasteiger partial charge in [-0.15, -0.1) is 0 Å². The van der Waals surface area contributed by atoms with Gasteiger partial charge in [0.15, 0.2) is 6.10 Å². The Balaban J connectivity index is 1.31. The van der Waals surface area contributed by atoms with Gasteiger partial charge in [0.2, 0.25) is 0 Å². The van der Waals surface area contributed by atoms with E-state index < -0.39 is 12.1 Å². The first-order valence-corrected chi connectivity index (χ1v) is 10.7. The van der Waals surface area contributed by atoms with Crippen LogP contribution in [0.25, 0.3) is 10.9 Å². The van der Waals surface area contributed by atoms with Crippen LogP contribution in [0.2, 0.25) is 5.15 Å². The first kappa shape index (κ1) is 21.3. The van der Waals surface area contributed by atoms with Crippen LogP contribution in [0, 0.1) is 0 Å². The second kappa shape index (κ2) is 9.45. The van der Waals surface area contributed by atoms with Crippen LogP contribution < -0.4 is 0 Å². The Morgan fingerprint density at radius 2 is 1.77 bits per heavy atom. The molecule has 1 fully saturated rings. The molecule has 3 aromatic rings. The minimum atomic E-state index is -0.841. The number of carbonyl (C=O) groups excluding carboxylic acids is 2. The lowest BCUT2D eigenvalue weighted by atomic mass is 10.1. The van der Waals surface area contributed by atoms with Crippen LogP contribution in [0.3, 0.4) is 0 Å². The van der Waals surface area contributed by atoms with Gasteiger partial charge in [-0.05, 0) is 42.8 Å². The number of pyridine rings is 1. The molecule has 0 spiro atoms. The third-order valence-electron chi connectivity index (χ3n) is 5.46. The number of nitrogens with zero attached hydrogens (tertiary/aromatic N) is 3. The number of ether oxygens (including phenoxy) is 1. The molecule has 1 unspecified atom stereocenters. The zero-order valence-electron chi connectivity index (χ0n) is 17.3. The topological polar surface area (TPSA) is 62.7 Å². The molecule has 31 heavy (non-hydrogen) atoms. The van der Waals surface area contributed by atoms with Crippen LogP contribution in [-0.4, -0.2) is 58.9 Å². The fourth-order valence-corrected chi connectivity index (χ4v) is 3.89. The second-order valence-electron chi connectivity index (χ2n) is 7.68. The molecule has 4 rings (SSSR count). The largest absolute Gasteiger partial charge is 0.449 e. The lowest BCUT2D eigenvalue weighted by Crippen LogP contribution is -2.51. The van der Waals surface area contributed by atoms with E-state index in [2.05, 4.69) is 22.0 Å². The lowest BCUT2D eigenvalue weighted by molar-refractivity contribution is -0.141. The minimum Gasteiger partial charge on any atom is -0.449 e. The van der Waals surface area contributed by atoms with Crippen molar-refractivity contribution in [2.45, 2.75) is 19.6 Å². The van der Waals surface area contributed by atoms with E-state index >= 15 is 0 Å². The fraction of sp³-hybridized carbons (Fsp3) is 0.292. The van der Waals surface area contributed by atoms with E-state index in [1.165, 1.54) is 5.56 Å². The highest BCUT2D eigenvalue weighted by Gasteiger charge is 2.27. The molecule has 0 N–H and O–H groups in total. The van der Waals surface area contributed by atoms with Crippen molar-refractivity contribution in [1.29, 1.82) is 0 Å². The lowest BCUT2D eigenvalue weighted by Gasteiger charge is -2.35. The molecular formula is C24H24ClN3O3. The summed E-state index contributed by atoms with van der Waals surface area (Å²) in [6.45, 7) is 5.32. The number of amides is 1. The fourth-order valence-electron chi connectivity index (χ4n) is 3.73. The van der Waals surface area contributed by atoms with Gasteiger partial charge in [0.25, 0.3) is 5.91 Å². The number of hydrogen-bond donors (Lipinski definition) is 0. The maximum Gasteiger partial charge on any atom is 0.338 e. The molecule has 7 heteroatoms.